The van der Waals surface area contributed by atoms with Crippen LogP contribution < -0.4 is 14.9 Å². The molecule has 0 atom stereocenters. The minimum absolute atomic E-state index is 0.0881. The topological polar surface area (TPSA) is 101 Å². The highest BCUT2D eigenvalue weighted by Crippen LogP contribution is 2.19. The maximum absolute atomic E-state index is 12.7. The van der Waals surface area contributed by atoms with Gasteiger partial charge in [0.1, 0.15) is 5.82 Å². The Hall–Kier alpha value is -3.43. The zero-order valence-electron chi connectivity index (χ0n) is 19.2. The van der Waals surface area contributed by atoms with Crippen molar-refractivity contribution in [2.24, 2.45) is 0 Å². The van der Waals surface area contributed by atoms with E-state index in [2.05, 4.69) is 19.9 Å². The average Bonchev–Trinajstić information content (AvgIpc) is 2.85. The number of carbonyl (C=O) groups excluding carboxylic acids is 1. The number of anilines is 2. The molecule has 178 valence electrons. The molecule has 1 amide bonds. The van der Waals surface area contributed by atoms with Gasteiger partial charge in [0.2, 0.25) is 0 Å². The van der Waals surface area contributed by atoms with Crippen molar-refractivity contribution in [3.8, 4) is 0 Å². The SMILES string of the molecule is Cc1ccc(NS(=O)(=O)c2ccc(C(=O)NCc3ccc(N4CCOCC4)nc3)cc2)cc1C. The zero-order chi connectivity index (χ0) is 24.1. The number of rotatable bonds is 7. The van der Waals surface area contributed by atoms with E-state index in [1.54, 1.807) is 18.3 Å². The molecular weight excluding hydrogens is 452 g/mol. The molecule has 8 nitrogen and oxygen atoms in total. The van der Waals surface area contributed by atoms with Crippen molar-refractivity contribution in [3.05, 3.63) is 83.0 Å². The van der Waals surface area contributed by atoms with Crippen LogP contribution in [-0.4, -0.2) is 45.6 Å². The first-order valence-electron chi connectivity index (χ1n) is 11.1. The highest BCUT2D eigenvalue weighted by molar-refractivity contribution is 7.92. The van der Waals surface area contributed by atoms with E-state index in [4.69, 9.17) is 4.74 Å². The quantitative estimate of drug-likeness (QED) is 0.538. The number of carbonyl (C=O) groups is 1. The standard InChI is InChI=1S/C25H28N4O4S/c1-18-3-7-22(15-19(18)2)28-34(31,32)23-8-5-21(6-9-23)25(30)27-17-20-4-10-24(26-16-20)29-11-13-33-14-12-29/h3-10,15-16,28H,11-14,17H2,1-2H3,(H,27,30). The number of pyridine rings is 1. The van der Waals surface area contributed by atoms with Crippen LogP contribution in [0.15, 0.2) is 65.7 Å². The van der Waals surface area contributed by atoms with Crippen LogP contribution in [-0.2, 0) is 21.3 Å². The van der Waals surface area contributed by atoms with Crippen molar-refractivity contribution in [2.45, 2.75) is 25.3 Å². The summed E-state index contributed by atoms with van der Waals surface area (Å²) in [5, 5.41) is 2.85. The Balaban J connectivity index is 1.34. The number of ether oxygens (including phenoxy) is 1. The number of morpholine rings is 1. The van der Waals surface area contributed by atoms with Gasteiger partial charge in [-0.3, -0.25) is 9.52 Å². The second kappa shape index (κ2) is 10.2. The summed E-state index contributed by atoms with van der Waals surface area (Å²) in [5.41, 5.74) is 3.84. The van der Waals surface area contributed by atoms with Gasteiger partial charge in [-0.1, -0.05) is 12.1 Å². The summed E-state index contributed by atoms with van der Waals surface area (Å²) in [5.74, 6) is 0.605. The predicted octanol–water partition coefficient (Wildman–Crippen LogP) is 3.27. The van der Waals surface area contributed by atoms with Gasteiger partial charge < -0.3 is 15.0 Å². The Morgan fingerprint density at radius 3 is 2.38 bits per heavy atom. The van der Waals surface area contributed by atoms with Crippen LogP contribution in [0.4, 0.5) is 11.5 Å². The van der Waals surface area contributed by atoms with Crippen LogP contribution in [0.2, 0.25) is 0 Å². The Kier molecular flexibility index (Phi) is 7.14. The third-order valence-corrected chi connectivity index (χ3v) is 7.18. The lowest BCUT2D eigenvalue weighted by Crippen LogP contribution is -2.36. The molecule has 2 N–H and O–H groups in total. The van der Waals surface area contributed by atoms with Crippen molar-refractivity contribution < 1.29 is 17.9 Å². The average molecular weight is 481 g/mol. The van der Waals surface area contributed by atoms with E-state index in [9.17, 15) is 13.2 Å². The maximum atomic E-state index is 12.7. The van der Waals surface area contributed by atoms with Crippen molar-refractivity contribution in [1.82, 2.24) is 10.3 Å². The molecule has 1 fully saturated rings. The maximum Gasteiger partial charge on any atom is 0.261 e. The predicted molar refractivity (Wildman–Crippen MR) is 132 cm³/mol. The molecule has 2 aromatic carbocycles. The van der Waals surface area contributed by atoms with Crippen LogP contribution in [0.5, 0.6) is 0 Å². The lowest BCUT2D eigenvalue weighted by Gasteiger charge is -2.27. The number of sulfonamides is 1. The van der Waals surface area contributed by atoms with E-state index in [1.807, 2.05) is 32.0 Å². The summed E-state index contributed by atoms with van der Waals surface area (Å²) in [7, 11) is -3.76. The van der Waals surface area contributed by atoms with Crippen molar-refractivity contribution in [3.63, 3.8) is 0 Å². The molecule has 0 radical (unpaired) electrons. The minimum Gasteiger partial charge on any atom is -0.378 e. The van der Waals surface area contributed by atoms with Gasteiger partial charge in [-0.15, -0.1) is 0 Å². The first-order valence-corrected chi connectivity index (χ1v) is 12.6. The smallest absolute Gasteiger partial charge is 0.261 e. The van der Waals surface area contributed by atoms with Crippen LogP contribution in [0.1, 0.15) is 27.0 Å². The number of aromatic nitrogens is 1. The number of nitrogens with one attached hydrogen (secondary N) is 2. The Morgan fingerprint density at radius 1 is 1.00 bits per heavy atom. The summed E-state index contributed by atoms with van der Waals surface area (Å²) in [4.78, 5) is 19.3. The minimum atomic E-state index is -3.76. The van der Waals surface area contributed by atoms with Crippen LogP contribution in [0.25, 0.3) is 0 Å². The first-order chi connectivity index (χ1) is 16.3. The van der Waals surface area contributed by atoms with E-state index in [0.717, 1.165) is 35.6 Å². The van der Waals surface area contributed by atoms with Crippen molar-refractivity contribution in [2.75, 3.05) is 35.9 Å². The van der Waals surface area contributed by atoms with E-state index in [0.29, 0.717) is 31.0 Å². The van der Waals surface area contributed by atoms with Gasteiger partial charge in [-0.2, -0.15) is 0 Å². The molecule has 3 aromatic rings. The number of aryl methyl sites for hydroxylation is 2. The molecule has 34 heavy (non-hydrogen) atoms. The molecule has 1 aromatic heterocycles. The van der Waals surface area contributed by atoms with Gasteiger partial charge >= 0.3 is 0 Å². The van der Waals surface area contributed by atoms with Gasteiger partial charge in [0.25, 0.3) is 15.9 Å². The summed E-state index contributed by atoms with van der Waals surface area (Å²) in [6.45, 7) is 7.24. The van der Waals surface area contributed by atoms with Gasteiger partial charge in [0.05, 0.1) is 18.1 Å². The first kappa shape index (κ1) is 23.7. The van der Waals surface area contributed by atoms with Crippen LogP contribution >= 0.6 is 0 Å². The molecule has 0 spiro atoms. The Morgan fingerprint density at radius 2 is 1.74 bits per heavy atom. The summed E-state index contributed by atoms with van der Waals surface area (Å²) < 4.78 is 33.3. The van der Waals surface area contributed by atoms with Crippen LogP contribution in [0, 0.1) is 13.8 Å². The summed E-state index contributed by atoms with van der Waals surface area (Å²) in [6, 6.07) is 15.1. The monoisotopic (exact) mass is 480 g/mol. The molecule has 0 saturated carbocycles. The highest BCUT2D eigenvalue weighted by Gasteiger charge is 2.16. The molecule has 0 unspecified atom stereocenters. The van der Waals surface area contributed by atoms with Gasteiger partial charge in [-0.05, 0) is 73.0 Å². The molecule has 0 bridgehead atoms. The lowest BCUT2D eigenvalue weighted by atomic mass is 10.1. The second-order valence-electron chi connectivity index (χ2n) is 8.24. The molecule has 0 aliphatic carbocycles. The van der Waals surface area contributed by atoms with E-state index in [-0.39, 0.29) is 10.8 Å². The highest BCUT2D eigenvalue weighted by atomic mass is 32.2. The van der Waals surface area contributed by atoms with Crippen molar-refractivity contribution >= 4 is 27.4 Å². The number of benzene rings is 2. The molecular formula is C25H28N4O4S. The fraction of sp³-hybridized carbons (Fsp3) is 0.280. The van der Waals surface area contributed by atoms with E-state index in [1.165, 1.54) is 24.3 Å². The number of hydrogen-bond acceptors (Lipinski definition) is 6. The van der Waals surface area contributed by atoms with Crippen molar-refractivity contribution in [1.29, 1.82) is 0 Å². The zero-order valence-corrected chi connectivity index (χ0v) is 20.1. The Bertz CT molecular complexity index is 1250. The fourth-order valence-corrected chi connectivity index (χ4v) is 4.64. The largest absolute Gasteiger partial charge is 0.378 e. The Labute approximate surface area is 200 Å². The molecule has 4 rings (SSSR count). The number of nitrogens with zero attached hydrogens (tertiary/aromatic N) is 2. The van der Waals surface area contributed by atoms with E-state index < -0.39 is 10.0 Å². The summed E-state index contributed by atoms with van der Waals surface area (Å²) in [6.07, 6.45) is 1.75. The lowest BCUT2D eigenvalue weighted by molar-refractivity contribution is 0.0950. The molecule has 1 aliphatic heterocycles. The number of hydrogen-bond donors (Lipinski definition) is 2. The van der Waals surface area contributed by atoms with Gasteiger partial charge in [-0.25, -0.2) is 13.4 Å². The molecule has 2 heterocycles. The van der Waals surface area contributed by atoms with Gasteiger partial charge in [0, 0.05) is 37.1 Å². The second-order valence-corrected chi connectivity index (χ2v) is 9.92. The number of amides is 1. The normalized spacial score (nSPS) is 14.0. The van der Waals surface area contributed by atoms with E-state index >= 15 is 0 Å². The molecule has 9 heteroatoms. The third kappa shape index (κ3) is 5.73. The fourth-order valence-electron chi connectivity index (χ4n) is 3.59. The molecule has 1 aliphatic rings. The molecule has 1 saturated heterocycles. The third-order valence-electron chi connectivity index (χ3n) is 5.78. The van der Waals surface area contributed by atoms with Crippen LogP contribution in [0.3, 0.4) is 0 Å². The van der Waals surface area contributed by atoms with Gasteiger partial charge in [0.15, 0.2) is 0 Å². The summed E-state index contributed by atoms with van der Waals surface area (Å²) >= 11 is 0.